The van der Waals surface area contributed by atoms with Crippen molar-refractivity contribution >= 4 is 35.3 Å². The van der Waals surface area contributed by atoms with Crippen molar-refractivity contribution in [1.29, 1.82) is 0 Å². The summed E-state index contributed by atoms with van der Waals surface area (Å²) >= 11 is 0. The molecule has 6 nitrogen and oxygen atoms in total. The molecular weight excluding hydrogens is 342 g/mol. The Morgan fingerprint density at radius 1 is 1.16 bits per heavy atom. The summed E-state index contributed by atoms with van der Waals surface area (Å²) in [5, 5.41) is 11.9. The lowest BCUT2D eigenvalue weighted by molar-refractivity contribution is -0.139. The summed E-state index contributed by atoms with van der Waals surface area (Å²) in [4.78, 5) is 30.8. The Kier molecular flexibility index (Phi) is 6.14. The molecule has 0 saturated heterocycles. The number of nitrogens with zero attached hydrogens (tertiary/aromatic N) is 1. The van der Waals surface area contributed by atoms with Crippen molar-refractivity contribution in [2.75, 3.05) is 0 Å². The highest BCUT2D eigenvalue weighted by Crippen LogP contribution is 2.12. The van der Waals surface area contributed by atoms with Crippen molar-refractivity contribution in [1.82, 2.24) is 15.3 Å². The van der Waals surface area contributed by atoms with Crippen LogP contribution in [0.1, 0.15) is 22.3 Å². The Labute approximate surface area is 150 Å². The number of aryl methyl sites for hydroxylation is 1. The summed E-state index contributed by atoms with van der Waals surface area (Å²) in [7, 11) is 0. The average molecular weight is 360 g/mol. The van der Waals surface area contributed by atoms with E-state index >= 15 is 0 Å². The molecule has 0 fully saturated rings. The highest BCUT2D eigenvalue weighted by Gasteiger charge is 2.20. The van der Waals surface area contributed by atoms with Crippen molar-refractivity contribution in [3.8, 4) is 0 Å². The minimum Gasteiger partial charge on any atom is -0.480 e. The van der Waals surface area contributed by atoms with Gasteiger partial charge < -0.3 is 15.4 Å². The number of rotatable bonds is 6. The van der Waals surface area contributed by atoms with Gasteiger partial charge in [-0.1, -0.05) is 30.3 Å². The molecule has 7 heteroatoms. The van der Waals surface area contributed by atoms with Crippen LogP contribution in [0.4, 0.5) is 0 Å². The number of aliphatic carboxylic acids is 1. The molecule has 1 amide bonds. The lowest BCUT2D eigenvalue weighted by Gasteiger charge is -2.14. The van der Waals surface area contributed by atoms with Crippen LogP contribution in [0, 0.1) is 0 Å². The molecule has 0 saturated carbocycles. The Morgan fingerprint density at radius 3 is 2.64 bits per heavy atom. The van der Waals surface area contributed by atoms with Crippen LogP contribution in [0.2, 0.25) is 0 Å². The maximum absolute atomic E-state index is 12.3. The van der Waals surface area contributed by atoms with E-state index in [-0.39, 0.29) is 12.4 Å². The molecule has 1 heterocycles. The maximum Gasteiger partial charge on any atom is 0.326 e. The third-order valence-electron chi connectivity index (χ3n) is 3.85. The van der Waals surface area contributed by atoms with Crippen molar-refractivity contribution in [3.63, 3.8) is 0 Å². The van der Waals surface area contributed by atoms with Gasteiger partial charge in [-0.3, -0.25) is 4.79 Å². The zero-order valence-corrected chi connectivity index (χ0v) is 14.1. The van der Waals surface area contributed by atoms with Crippen LogP contribution in [-0.4, -0.2) is 33.0 Å². The molecule has 1 atom stereocenters. The monoisotopic (exact) mass is 359 g/mol. The number of nitrogens with one attached hydrogen (secondary N) is 2. The standard InChI is InChI=1S/C18H17N3O3.ClH/c22-17(13-7-9-14-16(10-13)20-11-19-14)21-15(18(23)24)8-6-12-4-2-1-3-5-12;/h1-5,7,9-11,15H,6,8H2,(H,19,20)(H,21,22)(H,23,24);1H. The number of carboxylic acids is 1. The van der Waals surface area contributed by atoms with Gasteiger partial charge in [0.2, 0.25) is 0 Å². The van der Waals surface area contributed by atoms with Gasteiger partial charge in [0.05, 0.1) is 17.4 Å². The zero-order valence-electron chi connectivity index (χ0n) is 13.3. The molecule has 2 aromatic carbocycles. The predicted octanol–water partition coefficient (Wildman–Crippen LogP) is 2.80. The lowest BCUT2D eigenvalue weighted by atomic mass is 10.0. The summed E-state index contributed by atoms with van der Waals surface area (Å²) in [6, 6.07) is 13.7. The van der Waals surface area contributed by atoms with E-state index in [2.05, 4.69) is 15.3 Å². The second kappa shape index (κ2) is 8.30. The smallest absolute Gasteiger partial charge is 0.326 e. The van der Waals surface area contributed by atoms with E-state index in [1.54, 1.807) is 24.5 Å². The minimum absolute atomic E-state index is 0. The topological polar surface area (TPSA) is 95.1 Å². The molecular formula is C18H18ClN3O3. The number of benzene rings is 2. The Balaban J connectivity index is 0.00000225. The molecule has 1 aromatic heterocycles. The number of carbonyl (C=O) groups is 2. The lowest BCUT2D eigenvalue weighted by Crippen LogP contribution is -2.41. The summed E-state index contributed by atoms with van der Waals surface area (Å²) in [6.45, 7) is 0. The molecule has 25 heavy (non-hydrogen) atoms. The van der Waals surface area contributed by atoms with Crippen molar-refractivity contribution in [2.24, 2.45) is 0 Å². The van der Waals surface area contributed by atoms with Gasteiger partial charge in [-0.15, -0.1) is 12.4 Å². The van der Waals surface area contributed by atoms with Gasteiger partial charge >= 0.3 is 5.97 Å². The average Bonchev–Trinajstić information content (AvgIpc) is 3.06. The van der Waals surface area contributed by atoms with Gasteiger partial charge in [-0.25, -0.2) is 9.78 Å². The number of carbonyl (C=O) groups excluding carboxylic acids is 1. The van der Waals surface area contributed by atoms with Gasteiger partial charge in [0, 0.05) is 5.56 Å². The fraction of sp³-hybridized carbons (Fsp3) is 0.167. The first-order valence-electron chi connectivity index (χ1n) is 7.64. The number of amides is 1. The van der Waals surface area contributed by atoms with E-state index in [4.69, 9.17) is 0 Å². The van der Waals surface area contributed by atoms with Crippen LogP contribution in [0.15, 0.2) is 54.9 Å². The normalized spacial score (nSPS) is 11.5. The number of aromatic amines is 1. The second-order valence-corrected chi connectivity index (χ2v) is 5.52. The van der Waals surface area contributed by atoms with Gasteiger partial charge in [-0.2, -0.15) is 0 Å². The van der Waals surface area contributed by atoms with Crippen LogP contribution >= 0.6 is 12.4 Å². The zero-order chi connectivity index (χ0) is 16.9. The quantitative estimate of drug-likeness (QED) is 0.630. The molecule has 3 rings (SSSR count). The van der Waals surface area contributed by atoms with Gasteiger partial charge in [0.25, 0.3) is 5.91 Å². The molecule has 3 aromatic rings. The number of hydrogen-bond acceptors (Lipinski definition) is 3. The Morgan fingerprint density at radius 2 is 1.92 bits per heavy atom. The number of carboxylic acid groups (broad SMARTS) is 1. The fourth-order valence-corrected chi connectivity index (χ4v) is 2.53. The first kappa shape index (κ1) is 18.5. The van der Waals surface area contributed by atoms with Crippen LogP contribution in [0.25, 0.3) is 11.0 Å². The van der Waals surface area contributed by atoms with Gasteiger partial charge in [0.15, 0.2) is 0 Å². The van der Waals surface area contributed by atoms with Gasteiger partial charge in [-0.05, 0) is 36.6 Å². The molecule has 0 aliphatic heterocycles. The largest absolute Gasteiger partial charge is 0.480 e. The number of imidazole rings is 1. The molecule has 0 aliphatic rings. The summed E-state index contributed by atoms with van der Waals surface area (Å²) < 4.78 is 0. The first-order chi connectivity index (χ1) is 11.6. The van der Waals surface area contributed by atoms with E-state index in [1.165, 1.54) is 0 Å². The number of aromatic nitrogens is 2. The highest BCUT2D eigenvalue weighted by molar-refractivity contribution is 5.99. The van der Waals surface area contributed by atoms with Crippen molar-refractivity contribution in [3.05, 3.63) is 66.0 Å². The molecule has 0 spiro atoms. The number of hydrogen-bond donors (Lipinski definition) is 3. The van der Waals surface area contributed by atoms with E-state index < -0.39 is 17.9 Å². The van der Waals surface area contributed by atoms with Crippen LogP contribution in [-0.2, 0) is 11.2 Å². The number of halogens is 1. The summed E-state index contributed by atoms with van der Waals surface area (Å²) in [5.41, 5.74) is 2.92. The third-order valence-corrected chi connectivity index (χ3v) is 3.85. The van der Waals surface area contributed by atoms with E-state index in [0.717, 1.165) is 11.1 Å². The van der Waals surface area contributed by atoms with Crippen molar-refractivity contribution in [2.45, 2.75) is 18.9 Å². The predicted molar refractivity (Wildman–Crippen MR) is 97.0 cm³/mol. The third kappa shape index (κ3) is 4.58. The van der Waals surface area contributed by atoms with E-state index in [0.29, 0.717) is 23.9 Å². The SMILES string of the molecule is Cl.O=C(NC(CCc1ccccc1)C(=O)O)c1ccc2[nH]cnc2c1. The van der Waals surface area contributed by atoms with E-state index in [1.807, 2.05) is 30.3 Å². The maximum atomic E-state index is 12.3. The number of fused-ring (bicyclic) bond motifs is 1. The van der Waals surface area contributed by atoms with Crippen LogP contribution in [0.5, 0.6) is 0 Å². The van der Waals surface area contributed by atoms with Gasteiger partial charge in [0.1, 0.15) is 6.04 Å². The minimum atomic E-state index is -1.04. The highest BCUT2D eigenvalue weighted by atomic mass is 35.5. The molecule has 1 unspecified atom stereocenters. The Bertz CT molecular complexity index is 864. The summed E-state index contributed by atoms with van der Waals surface area (Å²) in [5.74, 6) is -1.46. The molecule has 0 radical (unpaired) electrons. The molecule has 130 valence electrons. The fourth-order valence-electron chi connectivity index (χ4n) is 2.53. The molecule has 3 N–H and O–H groups in total. The molecule has 0 bridgehead atoms. The summed E-state index contributed by atoms with van der Waals surface area (Å²) in [6.07, 6.45) is 2.46. The van der Waals surface area contributed by atoms with Crippen LogP contribution < -0.4 is 5.32 Å². The number of H-pyrrole nitrogens is 1. The second-order valence-electron chi connectivity index (χ2n) is 5.52. The van der Waals surface area contributed by atoms with E-state index in [9.17, 15) is 14.7 Å². The van der Waals surface area contributed by atoms with Crippen LogP contribution in [0.3, 0.4) is 0 Å². The Hall–Kier alpha value is -2.86. The molecule has 0 aliphatic carbocycles. The first-order valence-corrected chi connectivity index (χ1v) is 7.64. The van der Waals surface area contributed by atoms with Crippen molar-refractivity contribution < 1.29 is 14.7 Å².